The predicted molar refractivity (Wildman–Crippen MR) is 80.4 cm³/mol. The molecule has 1 aromatic carbocycles. The van der Waals surface area contributed by atoms with E-state index in [1.807, 2.05) is 18.2 Å². The van der Waals surface area contributed by atoms with Crippen molar-refractivity contribution in [1.29, 1.82) is 0 Å². The van der Waals surface area contributed by atoms with Gasteiger partial charge in [0.05, 0.1) is 13.7 Å². The fourth-order valence-corrected chi connectivity index (χ4v) is 2.04. The van der Waals surface area contributed by atoms with Gasteiger partial charge in [-0.25, -0.2) is 9.97 Å². The van der Waals surface area contributed by atoms with E-state index < -0.39 is 0 Å². The molecule has 0 aliphatic carbocycles. The van der Waals surface area contributed by atoms with Gasteiger partial charge in [-0.15, -0.1) is 0 Å². The van der Waals surface area contributed by atoms with Crippen molar-refractivity contribution in [3.8, 4) is 5.75 Å². The highest BCUT2D eigenvalue weighted by Crippen LogP contribution is 2.26. The fourth-order valence-electron chi connectivity index (χ4n) is 2.04. The third-order valence-electron chi connectivity index (χ3n) is 3.00. The zero-order chi connectivity index (χ0) is 15.1. The molecule has 112 valence electrons. The number of nitrogens with zero attached hydrogens (tertiary/aromatic N) is 2. The van der Waals surface area contributed by atoms with Crippen LogP contribution in [0.25, 0.3) is 10.9 Å². The minimum atomic E-state index is -0.173. The zero-order valence-electron chi connectivity index (χ0n) is 12.3. The molecule has 0 aliphatic rings. The van der Waals surface area contributed by atoms with Gasteiger partial charge in [0.1, 0.15) is 23.4 Å². The van der Waals surface area contributed by atoms with Gasteiger partial charge in [0, 0.05) is 18.4 Å². The molecule has 2 rings (SSSR count). The number of hydrogen-bond donors (Lipinski definition) is 1. The van der Waals surface area contributed by atoms with E-state index in [2.05, 4.69) is 15.3 Å². The van der Waals surface area contributed by atoms with Crippen LogP contribution in [-0.4, -0.2) is 36.2 Å². The molecular formula is C15H19N3O3. The van der Waals surface area contributed by atoms with Crippen molar-refractivity contribution in [2.75, 3.05) is 25.6 Å². The Morgan fingerprint density at radius 3 is 2.95 bits per heavy atom. The summed E-state index contributed by atoms with van der Waals surface area (Å²) in [6.45, 7) is 2.86. The maximum atomic E-state index is 11.3. The lowest BCUT2D eigenvalue weighted by Gasteiger charge is -2.09. The van der Waals surface area contributed by atoms with Crippen molar-refractivity contribution in [2.45, 2.75) is 19.8 Å². The van der Waals surface area contributed by atoms with Crippen LogP contribution >= 0.6 is 0 Å². The molecule has 0 aliphatic heterocycles. The van der Waals surface area contributed by atoms with E-state index in [0.29, 0.717) is 31.7 Å². The van der Waals surface area contributed by atoms with Crippen LogP contribution in [0, 0.1) is 0 Å². The SMILES string of the molecule is CCOC(=O)CCCNc1ncnc2c(OC)cccc12. The van der Waals surface area contributed by atoms with Crippen LogP contribution < -0.4 is 10.1 Å². The topological polar surface area (TPSA) is 73.3 Å². The summed E-state index contributed by atoms with van der Waals surface area (Å²) in [6.07, 6.45) is 2.58. The smallest absolute Gasteiger partial charge is 0.305 e. The van der Waals surface area contributed by atoms with E-state index in [-0.39, 0.29) is 5.97 Å². The zero-order valence-corrected chi connectivity index (χ0v) is 12.3. The molecule has 2 aromatic rings. The van der Waals surface area contributed by atoms with Gasteiger partial charge in [-0.05, 0) is 25.5 Å². The van der Waals surface area contributed by atoms with Crippen LogP contribution in [0.4, 0.5) is 5.82 Å². The monoisotopic (exact) mass is 289 g/mol. The van der Waals surface area contributed by atoms with Gasteiger partial charge in [0.2, 0.25) is 0 Å². The summed E-state index contributed by atoms with van der Waals surface area (Å²) >= 11 is 0. The molecule has 6 heteroatoms. The molecule has 0 radical (unpaired) electrons. The Morgan fingerprint density at radius 2 is 2.19 bits per heavy atom. The number of carbonyl (C=O) groups is 1. The number of nitrogens with one attached hydrogen (secondary N) is 1. The predicted octanol–water partition coefficient (Wildman–Crippen LogP) is 2.39. The van der Waals surface area contributed by atoms with E-state index in [0.717, 1.165) is 16.7 Å². The standard InChI is InChI=1S/C15H19N3O3/c1-3-21-13(19)8-5-9-16-15-11-6-4-7-12(20-2)14(11)17-10-18-15/h4,6-7,10H,3,5,8-9H2,1-2H3,(H,16,17,18). The van der Waals surface area contributed by atoms with Gasteiger partial charge < -0.3 is 14.8 Å². The second-order valence-corrected chi connectivity index (χ2v) is 4.41. The Hall–Kier alpha value is -2.37. The van der Waals surface area contributed by atoms with Gasteiger partial charge in [-0.1, -0.05) is 6.07 Å². The molecule has 0 bridgehead atoms. The Morgan fingerprint density at radius 1 is 1.33 bits per heavy atom. The Kier molecular flexibility index (Phi) is 5.31. The second kappa shape index (κ2) is 7.42. The van der Waals surface area contributed by atoms with E-state index in [1.165, 1.54) is 6.33 Å². The molecule has 0 fully saturated rings. The van der Waals surface area contributed by atoms with Gasteiger partial charge >= 0.3 is 5.97 Å². The number of hydrogen-bond acceptors (Lipinski definition) is 6. The third kappa shape index (κ3) is 3.81. The maximum Gasteiger partial charge on any atom is 0.305 e. The number of aromatic nitrogens is 2. The number of anilines is 1. The first-order valence-corrected chi connectivity index (χ1v) is 6.93. The summed E-state index contributed by atoms with van der Waals surface area (Å²) in [5.74, 6) is 1.28. The quantitative estimate of drug-likeness (QED) is 0.623. The maximum absolute atomic E-state index is 11.3. The molecule has 0 atom stereocenters. The summed E-state index contributed by atoms with van der Waals surface area (Å²) in [6, 6.07) is 5.69. The molecule has 21 heavy (non-hydrogen) atoms. The number of rotatable bonds is 7. The van der Waals surface area contributed by atoms with Crippen LogP contribution in [0.1, 0.15) is 19.8 Å². The first kappa shape index (κ1) is 15.0. The molecule has 0 saturated carbocycles. The number of fused-ring (bicyclic) bond motifs is 1. The van der Waals surface area contributed by atoms with Crippen molar-refractivity contribution >= 4 is 22.7 Å². The lowest BCUT2D eigenvalue weighted by molar-refractivity contribution is -0.143. The highest BCUT2D eigenvalue weighted by atomic mass is 16.5. The Bertz CT molecular complexity index is 616. The number of esters is 1. The van der Waals surface area contributed by atoms with Crippen LogP contribution in [0.5, 0.6) is 5.75 Å². The van der Waals surface area contributed by atoms with Crippen LogP contribution in [0.15, 0.2) is 24.5 Å². The van der Waals surface area contributed by atoms with Crippen molar-refractivity contribution in [1.82, 2.24) is 9.97 Å². The average Bonchev–Trinajstić information content (AvgIpc) is 2.51. The first-order chi connectivity index (χ1) is 10.3. The third-order valence-corrected chi connectivity index (χ3v) is 3.00. The molecule has 0 unspecified atom stereocenters. The van der Waals surface area contributed by atoms with Crippen LogP contribution in [0.3, 0.4) is 0 Å². The van der Waals surface area contributed by atoms with Crippen molar-refractivity contribution < 1.29 is 14.3 Å². The number of ether oxygens (including phenoxy) is 2. The first-order valence-electron chi connectivity index (χ1n) is 6.93. The summed E-state index contributed by atoms with van der Waals surface area (Å²) in [5, 5.41) is 4.12. The lowest BCUT2D eigenvalue weighted by atomic mass is 10.2. The van der Waals surface area contributed by atoms with Gasteiger partial charge in [0.25, 0.3) is 0 Å². The molecule has 0 spiro atoms. The second-order valence-electron chi connectivity index (χ2n) is 4.41. The summed E-state index contributed by atoms with van der Waals surface area (Å²) in [5.41, 5.74) is 0.767. The van der Waals surface area contributed by atoms with E-state index >= 15 is 0 Å². The average molecular weight is 289 g/mol. The van der Waals surface area contributed by atoms with Crippen molar-refractivity contribution in [2.24, 2.45) is 0 Å². The van der Waals surface area contributed by atoms with E-state index in [1.54, 1.807) is 14.0 Å². The molecule has 1 N–H and O–H groups in total. The number of para-hydroxylation sites is 1. The van der Waals surface area contributed by atoms with Crippen LogP contribution in [-0.2, 0) is 9.53 Å². The largest absolute Gasteiger partial charge is 0.494 e. The lowest BCUT2D eigenvalue weighted by Crippen LogP contribution is -2.09. The number of benzene rings is 1. The highest BCUT2D eigenvalue weighted by molar-refractivity contribution is 5.92. The highest BCUT2D eigenvalue weighted by Gasteiger charge is 2.07. The normalized spacial score (nSPS) is 10.4. The summed E-state index contributed by atoms with van der Waals surface area (Å²) < 4.78 is 10.2. The molecule has 0 saturated heterocycles. The molecular weight excluding hydrogens is 270 g/mol. The Labute approximate surface area is 123 Å². The minimum Gasteiger partial charge on any atom is -0.494 e. The Balaban J connectivity index is 2.01. The van der Waals surface area contributed by atoms with Gasteiger partial charge in [0.15, 0.2) is 0 Å². The molecule has 1 heterocycles. The summed E-state index contributed by atoms with van der Waals surface area (Å²) in [4.78, 5) is 19.7. The minimum absolute atomic E-state index is 0.173. The van der Waals surface area contributed by atoms with E-state index in [9.17, 15) is 4.79 Å². The molecule has 0 amide bonds. The van der Waals surface area contributed by atoms with Crippen molar-refractivity contribution in [3.05, 3.63) is 24.5 Å². The van der Waals surface area contributed by atoms with Crippen molar-refractivity contribution in [3.63, 3.8) is 0 Å². The number of methoxy groups -OCH3 is 1. The molecule has 1 aromatic heterocycles. The van der Waals surface area contributed by atoms with Crippen LogP contribution in [0.2, 0.25) is 0 Å². The van der Waals surface area contributed by atoms with Gasteiger partial charge in [-0.2, -0.15) is 0 Å². The summed E-state index contributed by atoms with van der Waals surface area (Å²) in [7, 11) is 1.61. The van der Waals surface area contributed by atoms with E-state index in [4.69, 9.17) is 9.47 Å². The number of carbonyl (C=O) groups excluding carboxylic acids is 1. The molecule has 6 nitrogen and oxygen atoms in total. The van der Waals surface area contributed by atoms with Gasteiger partial charge in [-0.3, -0.25) is 4.79 Å². The fraction of sp³-hybridized carbons (Fsp3) is 0.400.